The highest BCUT2D eigenvalue weighted by Crippen LogP contribution is 2.28. The van der Waals surface area contributed by atoms with Gasteiger partial charge in [0.1, 0.15) is 5.69 Å². The molecule has 2 heterocycles. The van der Waals surface area contributed by atoms with Crippen LogP contribution in [-0.4, -0.2) is 32.7 Å². The van der Waals surface area contributed by atoms with Crippen LogP contribution in [0.5, 0.6) is 0 Å². The van der Waals surface area contributed by atoms with E-state index in [1.807, 2.05) is 42.5 Å². The molecular formula is C26H18N6O4S. The van der Waals surface area contributed by atoms with E-state index in [4.69, 9.17) is 0 Å². The summed E-state index contributed by atoms with van der Waals surface area (Å²) >= 11 is 1.43. The average Bonchev–Trinajstić information content (AvgIpc) is 3.55. The minimum atomic E-state index is -0.762. The second-order valence-electron chi connectivity index (χ2n) is 7.87. The lowest BCUT2D eigenvalue weighted by Gasteiger charge is -2.09. The number of rotatable bonds is 7. The van der Waals surface area contributed by atoms with E-state index >= 15 is 0 Å². The van der Waals surface area contributed by atoms with Crippen molar-refractivity contribution in [2.45, 2.75) is 4.90 Å². The van der Waals surface area contributed by atoms with Crippen LogP contribution in [-0.2, 0) is 4.79 Å². The Hall–Kier alpha value is -5.08. The van der Waals surface area contributed by atoms with E-state index in [1.54, 1.807) is 18.2 Å². The molecule has 0 bridgehead atoms. The lowest BCUT2D eigenvalue weighted by atomic mass is 10.1. The Balaban J connectivity index is 1.36. The summed E-state index contributed by atoms with van der Waals surface area (Å²) in [5.74, 6) is -1.09. The zero-order valence-corrected chi connectivity index (χ0v) is 19.9. The first-order valence-electron chi connectivity index (χ1n) is 11.0. The molecule has 0 spiro atoms. The molecule has 0 saturated carbocycles. The Morgan fingerprint density at radius 1 is 0.973 bits per heavy atom. The number of para-hydroxylation sites is 1. The lowest BCUT2D eigenvalue weighted by molar-refractivity contribution is -0.113. The summed E-state index contributed by atoms with van der Waals surface area (Å²) in [6.45, 7) is 0. The summed E-state index contributed by atoms with van der Waals surface area (Å²) < 4.78 is 4.57. The molecule has 0 fully saturated rings. The minimum Gasteiger partial charge on any atom is -0.349 e. The van der Waals surface area contributed by atoms with Gasteiger partial charge in [0.05, 0.1) is 34.3 Å². The van der Waals surface area contributed by atoms with Gasteiger partial charge in [-0.15, -0.1) is 11.8 Å². The maximum absolute atomic E-state index is 13.1. The number of nitriles is 1. The molecule has 0 aliphatic rings. The highest BCUT2D eigenvalue weighted by atomic mass is 32.2. The van der Waals surface area contributed by atoms with Crippen LogP contribution in [0.15, 0.2) is 87.0 Å². The fourth-order valence-electron chi connectivity index (χ4n) is 3.69. The molecule has 0 aliphatic carbocycles. The standard InChI is InChI=1S/C26H18N6O4S/c27-13-15-9-10-19(18(11-15)24-31-26(35)36-32-24)30-25(34)21-12-16-5-4-8-20(23(16)29-21)28-22(33)14-37-17-6-2-1-3-7-17/h1-12,29H,14H2,(H,28,33)(H,30,34)(H,31,32,35). The molecule has 0 unspecified atom stereocenters. The van der Waals surface area contributed by atoms with Crippen molar-refractivity contribution in [3.8, 4) is 17.5 Å². The van der Waals surface area contributed by atoms with Gasteiger partial charge in [-0.05, 0) is 42.5 Å². The Morgan fingerprint density at radius 3 is 2.57 bits per heavy atom. The van der Waals surface area contributed by atoms with Gasteiger partial charge in [-0.2, -0.15) is 5.26 Å². The average molecular weight is 511 g/mol. The van der Waals surface area contributed by atoms with E-state index < -0.39 is 11.7 Å². The summed E-state index contributed by atoms with van der Waals surface area (Å²) in [4.78, 5) is 43.6. The molecule has 5 aromatic rings. The van der Waals surface area contributed by atoms with Crippen molar-refractivity contribution in [3.05, 3.63) is 94.6 Å². The number of thioether (sulfide) groups is 1. The van der Waals surface area contributed by atoms with Gasteiger partial charge in [0.15, 0.2) is 5.82 Å². The molecule has 5 rings (SSSR count). The van der Waals surface area contributed by atoms with E-state index in [0.29, 0.717) is 28.0 Å². The monoisotopic (exact) mass is 510 g/mol. The van der Waals surface area contributed by atoms with Crippen LogP contribution < -0.4 is 16.4 Å². The maximum atomic E-state index is 13.1. The van der Waals surface area contributed by atoms with Crippen molar-refractivity contribution in [2.24, 2.45) is 0 Å². The molecule has 182 valence electrons. The van der Waals surface area contributed by atoms with Crippen molar-refractivity contribution < 1.29 is 14.1 Å². The Labute approximate surface area is 213 Å². The summed E-state index contributed by atoms with van der Waals surface area (Å²) in [5, 5.41) is 19.3. The quantitative estimate of drug-likeness (QED) is 0.237. The smallest absolute Gasteiger partial charge is 0.349 e. The van der Waals surface area contributed by atoms with Crippen LogP contribution in [0.1, 0.15) is 16.1 Å². The molecule has 37 heavy (non-hydrogen) atoms. The van der Waals surface area contributed by atoms with Crippen molar-refractivity contribution in [1.82, 2.24) is 15.1 Å². The number of aromatic nitrogens is 3. The van der Waals surface area contributed by atoms with Crippen LogP contribution >= 0.6 is 11.8 Å². The third-order valence-electron chi connectivity index (χ3n) is 5.38. The van der Waals surface area contributed by atoms with Crippen LogP contribution in [0.3, 0.4) is 0 Å². The Morgan fingerprint density at radius 2 is 1.81 bits per heavy atom. The number of benzene rings is 3. The summed E-state index contributed by atoms with van der Waals surface area (Å²) in [7, 11) is 0. The number of nitrogens with one attached hydrogen (secondary N) is 4. The highest BCUT2D eigenvalue weighted by molar-refractivity contribution is 8.00. The van der Waals surface area contributed by atoms with Gasteiger partial charge < -0.3 is 15.6 Å². The molecule has 0 aliphatic heterocycles. The third kappa shape index (κ3) is 5.29. The number of hydrogen-bond donors (Lipinski definition) is 4. The summed E-state index contributed by atoms with van der Waals surface area (Å²) in [5.41, 5.74) is 2.35. The number of anilines is 2. The fraction of sp³-hybridized carbons (Fsp3) is 0.0385. The molecular weight excluding hydrogens is 492 g/mol. The Bertz CT molecular complexity index is 1710. The van der Waals surface area contributed by atoms with Gasteiger partial charge in [-0.1, -0.05) is 35.5 Å². The first-order chi connectivity index (χ1) is 18.0. The van der Waals surface area contributed by atoms with E-state index in [2.05, 4.69) is 30.3 Å². The van der Waals surface area contributed by atoms with Crippen LogP contribution in [0, 0.1) is 11.3 Å². The lowest BCUT2D eigenvalue weighted by Crippen LogP contribution is -2.15. The van der Waals surface area contributed by atoms with E-state index in [1.165, 1.54) is 30.0 Å². The maximum Gasteiger partial charge on any atom is 0.439 e. The van der Waals surface area contributed by atoms with Crippen LogP contribution in [0.4, 0.5) is 11.4 Å². The van der Waals surface area contributed by atoms with Gasteiger partial charge in [0, 0.05) is 15.8 Å². The predicted molar refractivity (Wildman–Crippen MR) is 139 cm³/mol. The topological polar surface area (TPSA) is 157 Å². The molecule has 3 aromatic carbocycles. The van der Waals surface area contributed by atoms with Gasteiger partial charge in [-0.3, -0.25) is 19.1 Å². The number of fused-ring (bicyclic) bond motifs is 1. The second kappa shape index (κ2) is 10.3. The number of aromatic amines is 2. The van der Waals surface area contributed by atoms with Gasteiger partial charge in [0.2, 0.25) is 5.91 Å². The zero-order chi connectivity index (χ0) is 25.8. The van der Waals surface area contributed by atoms with Crippen LogP contribution in [0.2, 0.25) is 0 Å². The van der Waals surface area contributed by atoms with Gasteiger partial charge in [-0.25, -0.2) is 4.79 Å². The molecule has 4 N–H and O–H groups in total. The number of H-pyrrole nitrogens is 2. The minimum absolute atomic E-state index is 0.0763. The van der Waals surface area contributed by atoms with Crippen molar-refractivity contribution in [1.29, 1.82) is 5.26 Å². The van der Waals surface area contributed by atoms with Crippen molar-refractivity contribution in [3.63, 3.8) is 0 Å². The number of hydrogen-bond acceptors (Lipinski definition) is 7. The molecule has 0 radical (unpaired) electrons. The number of nitrogens with zero attached hydrogens (tertiary/aromatic N) is 2. The zero-order valence-electron chi connectivity index (χ0n) is 19.1. The van der Waals surface area contributed by atoms with E-state index in [-0.39, 0.29) is 23.2 Å². The van der Waals surface area contributed by atoms with E-state index in [9.17, 15) is 19.6 Å². The fourth-order valence-corrected chi connectivity index (χ4v) is 4.41. The largest absolute Gasteiger partial charge is 0.439 e. The first-order valence-corrected chi connectivity index (χ1v) is 12.0. The molecule has 2 aromatic heterocycles. The van der Waals surface area contributed by atoms with E-state index in [0.717, 1.165) is 10.3 Å². The first kappa shape index (κ1) is 23.7. The summed E-state index contributed by atoms with van der Waals surface area (Å²) in [6.07, 6.45) is 0. The number of carbonyl (C=O) groups excluding carboxylic acids is 2. The van der Waals surface area contributed by atoms with Crippen LogP contribution in [0.25, 0.3) is 22.3 Å². The van der Waals surface area contributed by atoms with Crippen molar-refractivity contribution in [2.75, 3.05) is 16.4 Å². The summed E-state index contributed by atoms with van der Waals surface area (Å²) in [6, 6.07) is 23.2. The molecule has 10 nitrogen and oxygen atoms in total. The normalized spacial score (nSPS) is 10.7. The Kier molecular flexibility index (Phi) is 6.56. The predicted octanol–water partition coefficient (Wildman–Crippen LogP) is 4.37. The molecule has 11 heteroatoms. The SMILES string of the molecule is N#Cc1ccc(NC(=O)c2cc3cccc(NC(=O)CSc4ccccc4)c3[nH]2)c(-c2noc(=O)[nH]2)c1. The second-order valence-corrected chi connectivity index (χ2v) is 8.92. The van der Waals surface area contributed by atoms with Crippen molar-refractivity contribution >= 4 is 45.9 Å². The number of amides is 2. The van der Waals surface area contributed by atoms with Gasteiger partial charge >= 0.3 is 5.76 Å². The third-order valence-corrected chi connectivity index (χ3v) is 6.39. The molecule has 0 atom stereocenters. The number of carbonyl (C=O) groups is 2. The highest BCUT2D eigenvalue weighted by Gasteiger charge is 2.17. The molecule has 2 amide bonds. The van der Waals surface area contributed by atoms with Gasteiger partial charge in [0.25, 0.3) is 5.91 Å². The molecule has 0 saturated heterocycles.